The van der Waals surface area contributed by atoms with Crippen molar-refractivity contribution in [2.24, 2.45) is 5.41 Å². The van der Waals surface area contributed by atoms with Crippen LogP contribution in [0.3, 0.4) is 0 Å². The molecule has 1 aromatic carbocycles. The summed E-state index contributed by atoms with van der Waals surface area (Å²) in [4.78, 5) is 24.0. The zero-order chi connectivity index (χ0) is 15.6. The molecule has 1 heterocycles. The molecule has 114 valence electrons. The van der Waals surface area contributed by atoms with Crippen LogP contribution in [0.2, 0.25) is 0 Å². The number of rotatable bonds is 4. The van der Waals surface area contributed by atoms with Crippen LogP contribution in [0.5, 0.6) is 0 Å². The van der Waals surface area contributed by atoms with Gasteiger partial charge >= 0.3 is 5.97 Å². The van der Waals surface area contributed by atoms with Gasteiger partial charge in [0.25, 0.3) is 5.69 Å². The Morgan fingerprint density at radius 1 is 1.52 bits per heavy atom. The van der Waals surface area contributed by atoms with Crippen molar-refractivity contribution in [1.82, 2.24) is 0 Å². The highest BCUT2D eigenvalue weighted by atomic mass is 16.6. The summed E-state index contributed by atoms with van der Waals surface area (Å²) in [6, 6.07) is 4.74. The minimum absolute atomic E-state index is 0.0632. The summed E-state index contributed by atoms with van der Waals surface area (Å²) in [6.45, 7) is 4.97. The van der Waals surface area contributed by atoms with Crippen molar-refractivity contribution in [2.45, 2.75) is 33.1 Å². The first-order chi connectivity index (χ1) is 9.89. The number of nitro benzene ring substituents is 1. The highest BCUT2D eigenvalue weighted by molar-refractivity contribution is 5.76. The topological polar surface area (TPSA) is 83.7 Å². The number of aliphatic carboxylic acids is 1. The number of hydrogen-bond acceptors (Lipinski definition) is 4. The van der Waals surface area contributed by atoms with Gasteiger partial charge in [-0.15, -0.1) is 0 Å². The van der Waals surface area contributed by atoms with E-state index in [0.717, 1.165) is 24.2 Å². The number of carbonyl (C=O) groups is 1. The minimum Gasteiger partial charge on any atom is -0.481 e. The second-order valence-electron chi connectivity index (χ2n) is 5.69. The molecule has 0 bridgehead atoms. The third-order valence-electron chi connectivity index (χ3n) is 4.44. The van der Waals surface area contributed by atoms with Gasteiger partial charge in [-0.05, 0) is 37.8 Å². The molecule has 6 nitrogen and oxygen atoms in total. The van der Waals surface area contributed by atoms with E-state index in [9.17, 15) is 20.0 Å². The standard InChI is InChI=1S/C15H20N2O4/c1-3-15(14(18)19)7-4-8-16(10-15)13-6-5-12(17(20)21)9-11(13)2/h5-6,9H,3-4,7-8,10H2,1-2H3,(H,18,19). The van der Waals surface area contributed by atoms with Gasteiger partial charge in [-0.2, -0.15) is 0 Å². The Bertz CT molecular complexity index is 573. The molecule has 1 atom stereocenters. The van der Waals surface area contributed by atoms with Crippen LogP contribution in [0.1, 0.15) is 31.7 Å². The number of carboxylic acids is 1. The third kappa shape index (κ3) is 2.84. The molecule has 0 aromatic heterocycles. The average Bonchev–Trinajstić information content (AvgIpc) is 2.46. The van der Waals surface area contributed by atoms with Crippen molar-refractivity contribution in [3.63, 3.8) is 0 Å². The number of carboxylic acid groups (broad SMARTS) is 1. The van der Waals surface area contributed by atoms with Crippen molar-refractivity contribution in [3.05, 3.63) is 33.9 Å². The Balaban J connectivity index is 2.30. The highest BCUT2D eigenvalue weighted by Gasteiger charge is 2.41. The van der Waals surface area contributed by atoms with Gasteiger partial charge in [0.1, 0.15) is 0 Å². The van der Waals surface area contributed by atoms with Gasteiger partial charge in [-0.3, -0.25) is 14.9 Å². The molecule has 1 unspecified atom stereocenters. The maximum atomic E-state index is 11.6. The first-order valence-corrected chi connectivity index (χ1v) is 7.13. The molecular weight excluding hydrogens is 272 g/mol. The number of benzene rings is 1. The molecule has 0 spiro atoms. The molecule has 1 aromatic rings. The third-order valence-corrected chi connectivity index (χ3v) is 4.44. The molecule has 6 heteroatoms. The summed E-state index contributed by atoms with van der Waals surface area (Å²) in [7, 11) is 0. The summed E-state index contributed by atoms with van der Waals surface area (Å²) in [6.07, 6.45) is 2.09. The van der Waals surface area contributed by atoms with Crippen molar-refractivity contribution in [3.8, 4) is 0 Å². The first-order valence-electron chi connectivity index (χ1n) is 7.13. The zero-order valence-corrected chi connectivity index (χ0v) is 12.3. The minimum atomic E-state index is -0.755. The van der Waals surface area contributed by atoms with Crippen LogP contribution in [-0.2, 0) is 4.79 Å². The predicted molar refractivity (Wildman–Crippen MR) is 79.6 cm³/mol. The van der Waals surface area contributed by atoms with Gasteiger partial charge in [0.05, 0.1) is 10.3 Å². The largest absolute Gasteiger partial charge is 0.481 e. The maximum Gasteiger partial charge on any atom is 0.311 e. The van der Waals surface area contributed by atoms with Crippen LogP contribution >= 0.6 is 0 Å². The van der Waals surface area contributed by atoms with Crippen LogP contribution in [0.15, 0.2) is 18.2 Å². The number of aryl methyl sites for hydroxylation is 1. The van der Waals surface area contributed by atoms with E-state index in [2.05, 4.69) is 0 Å². The molecule has 1 fully saturated rings. The fourth-order valence-corrected chi connectivity index (χ4v) is 3.06. The Hall–Kier alpha value is -2.11. The van der Waals surface area contributed by atoms with Gasteiger partial charge in [0.2, 0.25) is 0 Å². The lowest BCUT2D eigenvalue weighted by molar-refractivity contribution is -0.384. The zero-order valence-electron chi connectivity index (χ0n) is 12.3. The first kappa shape index (κ1) is 15.3. The van der Waals surface area contributed by atoms with Gasteiger partial charge in [0.15, 0.2) is 0 Å². The van der Waals surface area contributed by atoms with Crippen molar-refractivity contribution in [2.75, 3.05) is 18.0 Å². The Labute approximate surface area is 123 Å². The second-order valence-corrected chi connectivity index (χ2v) is 5.69. The van der Waals surface area contributed by atoms with Crippen LogP contribution in [-0.4, -0.2) is 29.1 Å². The quantitative estimate of drug-likeness (QED) is 0.681. The molecule has 1 saturated heterocycles. The number of nitro groups is 1. The predicted octanol–water partition coefficient (Wildman–Crippen LogP) is 2.98. The van der Waals surface area contributed by atoms with Gasteiger partial charge in [-0.25, -0.2) is 0 Å². The van der Waals surface area contributed by atoms with E-state index >= 15 is 0 Å². The van der Waals surface area contributed by atoms with Crippen molar-refractivity contribution in [1.29, 1.82) is 0 Å². The Morgan fingerprint density at radius 3 is 2.76 bits per heavy atom. The lowest BCUT2D eigenvalue weighted by atomic mass is 9.77. The van der Waals surface area contributed by atoms with Crippen molar-refractivity contribution < 1.29 is 14.8 Å². The van der Waals surface area contributed by atoms with E-state index in [1.807, 2.05) is 18.7 Å². The van der Waals surface area contributed by atoms with E-state index in [-0.39, 0.29) is 5.69 Å². The molecule has 0 saturated carbocycles. The van der Waals surface area contributed by atoms with Crippen LogP contribution in [0.4, 0.5) is 11.4 Å². The van der Waals surface area contributed by atoms with E-state index in [1.54, 1.807) is 12.1 Å². The van der Waals surface area contributed by atoms with E-state index in [1.165, 1.54) is 6.07 Å². The Kier molecular flexibility index (Phi) is 4.16. The van der Waals surface area contributed by atoms with Crippen LogP contribution < -0.4 is 4.90 Å². The monoisotopic (exact) mass is 292 g/mol. The molecule has 0 aliphatic carbocycles. The normalized spacial score (nSPS) is 22.1. The summed E-state index contributed by atoms with van der Waals surface area (Å²) in [5.74, 6) is -0.755. The molecule has 0 radical (unpaired) electrons. The highest BCUT2D eigenvalue weighted by Crippen LogP contribution is 2.37. The molecule has 0 amide bonds. The van der Waals surface area contributed by atoms with Crippen LogP contribution in [0.25, 0.3) is 0 Å². The smallest absolute Gasteiger partial charge is 0.311 e. The lowest BCUT2D eigenvalue weighted by Gasteiger charge is -2.41. The average molecular weight is 292 g/mol. The SMILES string of the molecule is CCC1(C(=O)O)CCCN(c2ccc([N+](=O)[O-])cc2C)C1. The van der Waals surface area contributed by atoms with Gasteiger partial charge in [0, 0.05) is 30.9 Å². The molecule has 2 rings (SSSR count). The Morgan fingerprint density at radius 2 is 2.24 bits per heavy atom. The number of anilines is 1. The van der Waals surface area contributed by atoms with Gasteiger partial charge in [-0.1, -0.05) is 6.92 Å². The maximum absolute atomic E-state index is 11.6. The lowest BCUT2D eigenvalue weighted by Crippen LogP contribution is -2.47. The van der Waals surface area contributed by atoms with Crippen molar-refractivity contribution >= 4 is 17.3 Å². The molecule has 1 N–H and O–H groups in total. The molecular formula is C15H20N2O4. The molecule has 1 aliphatic heterocycles. The summed E-state index contributed by atoms with van der Waals surface area (Å²) < 4.78 is 0. The summed E-state index contributed by atoms with van der Waals surface area (Å²) >= 11 is 0. The van der Waals surface area contributed by atoms with Crippen LogP contribution in [0, 0.1) is 22.5 Å². The number of non-ortho nitro benzene ring substituents is 1. The summed E-state index contributed by atoms with van der Waals surface area (Å²) in [5, 5.41) is 20.3. The van der Waals surface area contributed by atoms with E-state index in [0.29, 0.717) is 19.4 Å². The summed E-state index contributed by atoms with van der Waals surface area (Å²) in [5.41, 5.74) is 1.04. The van der Waals surface area contributed by atoms with E-state index < -0.39 is 16.3 Å². The fraction of sp³-hybridized carbons (Fsp3) is 0.533. The number of piperidine rings is 1. The van der Waals surface area contributed by atoms with Gasteiger partial charge < -0.3 is 10.0 Å². The fourth-order valence-electron chi connectivity index (χ4n) is 3.06. The van der Waals surface area contributed by atoms with E-state index in [4.69, 9.17) is 0 Å². The second kappa shape index (κ2) is 5.71. The molecule has 21 heavy (non-hydrogen) atoms. The number of nitrogens with zero attached hydrogens (tertiary/aromatic N) is 2. The molecule has 1 aliphatic rings. The number of hydrogen-bond donors (Lipinski definition) is 1.